The Kier molecular flexibility index (Phi) is 4.96. The van der Waals surface area contributed by atoms with E-state index in [4.69, 9.17) is 10.5 Å². The van der Waals surface area contributed by atoms with Crippen LogP contribution in [0, 0.1) is 5.82 Å². The molecular weight excluding hydrogens is 337 g/mol. The van der Waals surface area contributed by atoms with E-state index in [1.54, 1.807) is 37.3 Å². The second kappa shape index (κ2) is 6.72. The van der Waals surface area contributed by atoms with E-state index in [0.717, 1.165) is 11.1 Å². The third-order valence-corrected chi connectivity index (χ3v) is 3.74. The molecule has 0 aliphatic rings. The second-order valence-corrected chi connectivity index (χ2v) is 5.60. The third kappa shape index (κ3) is 4.04. The summed E-state index contributed by atoms with van der Waals surface area (Å²) in [7, 11) is 0. The molecule has 0 aliphatic carbocycles. The lowest BCUT2D eigenvalue weighted by atomic mass is 10.0. The van der Waals surface area contributed by atoms with Crippen molar-refractivity contribution in [3.8, 4) is 0 Å². The topological polar surface area (TPSA) is 52.3 Å². The van der Waals surface area contributed by atoms with Crippen molar-refractivity contribution in [2.24, 2.45) is 0 Å². The summed E-state index contributed by atoms with van der Waals surface area (Å²) < 4.78 is 18.7. The minimum atomic E-state index is -0.405. The maximum absolute atomic E-state index is 13.1. The third-order valence-electron chi connectivity index (χ3n) is 3.13. The number of esters is 1. The molecule has 1 atom stereocenters. The molecule has 0 spiro atoms. The molecule has 0 radical (unpaired) electrons. The van der Waals surface area contributed by atoms with Crippen molar-refractivity contribution in [1.29, 1.82) is 0 Å². The fraction of sp³-hybridized carbons (Fsp3) is 0.188. The lowest BCUT2D eigenvalue weighted by Gasteiger charge is -2.12. The van der Waals surface area contributed by atoms with E-state index in [9.17, 15) is 9.18 Å². The molecule has 0 saturated carbocycles. The van der Waals surface area contributed by atoms with E-state index >= 15 is 0 Å². The van der Waals surface area contributed by atoms with Gasteiger partial charge in [-0.15, -0.1) is 0 Å². The molecule has 0 aliphatic heterocycles. The lowest BCUT2D eigenvalue weighted by molar-refractivity contribution is -0.146. The smallest absolute Gasteiger partial charge is 0.313 e. The van der Waals surface area contributed by atoms with Gasteiger partial charge in [-0.2, -0.15) is 0 Å². The Morgan fingerprint density at radius 1 is 1.33 bits per heavy atom. The molecular formula is C16H15BrFNO2. The molecule has 2 N–H and O–H groups in total. The molecule has 1 unspecified atom stereocenters. The normalized spacial score (nSPS) is 12.0. The van der Waals surface area contributed by atoms with Crippen molar-refractivity contribution in [1.82, 2.24) is 0 Å². The molecule has 0 aromatic heterocycles. The van der Waals surface area contributed by atoms with Gasteiger partial charge in [0.15, 0.2) is 0 Å². The van der Waals surface area contributed by atoms with Crippen LogP contribution in [0.5, 0.6) is 0 Å². The zero-order valence-electron chi connectivity index (χ0n) is 11.5. The van der Waals surface area contributed by atoms with E-state index in [1.165, 1.54) is 6.07 Å². The van der Waals surface area contributed by atoms with E-state index < -0.39 is 5.92 Å². The fourth-order valence-electron chi connectivity index (χ4n) is 1.87. The highest BCUT2D eigenvalue weighted by molar-refractivity contribution is 9.10. The summed E-state index contributed by atoms with van der Waals surface area (Å²) in [6.45, 7) is 1.86. The predicted molar refractivity (Wildman–Crippen MR) is 83.2 cm³/mol. The summed E-state index contributed by atoms with van der Waals surface area (Å²) >= 11 is 3.10. The molecule has 2 aromatic carbocycles. The molecule has 0 amide bonds. The Bertz CT molecular complexity index is 660. The van der Waals surface area contributed by atoms with Crippen molar-refractivity contribution in [2.75, 3.05) is 5.73 Å². The Labute approximate surface area is 131 Å². The first kappa shape index (κ1) is 15.5. The minimum Gasteiger partial charge on any atom is -0.460 e. The second-order valence-electron chi connectivity index (χ2n) is 4.75. The summed E-state index contributed by atoms with van der Waals surface area (Å²) in [5.74, 6) is -1.10. The molecule has 21 heavy (non-hydrogen) atoms. The van der Waals surface area contributed by atoms with E-state index in [2.05, 4.69) is 15.9 Å². The molecule has 5 heteroatoms. The van der Waals surface area contributed by atoms with Crippen LogP contribution in [0.2, 0.25) is 0 Å². The van der Waals surface area contributed by atoms with E-state index in [0.29, 0.717) is 10.2 Å². The summed E-state index contributed by atoms with van der Waals surface area (Å²) in [6, 6.07) is 11.6. The number of carbonyl (C=O) groups is 1. The number of halogens is 2. The first-order valence-corrected chi connectivity index (χ1v) is 7.22. The van der Waals surface area contributed by atoms with Crippen LogP contribution in [-0.4, -0.2) is 5.97 Å². The average Bonchev–Trinajstić information content (AvgIpc) is 2.47. The number of carbonyl (C=O) groups excluding carboxylic acids is 1. The van der Waals surface area contributed by atoms with Gasteiger partial charge in [0.1, 0.15) is 12.4 Å². The van der Waals surface area contributed by atoms with Gasteiger partial charge in [-0.1, -0.05) is 18.2 Å². The zero-order chi connectivity index (χ0) is 15.4. The van der Waals surface area contributed by atoms with Gasteiger partial charge in [-0.3, -0.25) is 4.79 Å². The SMILES string of the molecule is CC(C(=O)OCc1ccc(F)c(Br)c1)c1cccc(N)c1. The number of nitrogen functional groups attached to an aromatic ring is 1. The van der Waals surface area contributed by atoms with Crippen LogP contribution in [0.15, 0.2) is 46.9 Å². The van der Waals surface area contributed by atoms with Gasteiger partial charge in [-0.05, 0) is 58.2 Å². The first-order valence-electron chi connectivity index (χ1n) is 6.43. The van der Waals surface area contributed by atoms with Gasteiger partial charge in [0.25, 0.3) is 0 Å². The first-order chi connectivity index (χ1) is 9.97. The molecule has 3 nitrogen and oxygen atoms in total. The Hall–Kier alpha value is -1.88. The Morgan fingerprint density at radius 2 is 2.10 bits per heavy atom. The number of benzene rings is 2. The highest BCUT2D eigenvalue weighted by atomic mass is 79.9. The Morgan fingerprint density at radius 3 is 2.76 bits per heavy atom. The number of anilines is 1. The van der Waals surface area contributed by atoms with E-state index in [-0.39, 0.29) is 18.4 Å². The van der Waals surface area contributed by atoms with Crippen LogP contribution >= 0.6 is 15.9 Å². The number of hydrogen-bond acceptors (Lipinski definition) is 3. The molecule has 2 aromatic rings. The maximum atomic E-state index is 13.1. The summed E-state index contributed by atoms with van der Waals surface area (Å²) in [5, 5.41) is 0. The number of ether oxygens (including phenoxy) is 1. The number of nitrogens with two attached hydrogens (primary N) is 1. The molecule has 0 fully saturated rings. The van der Waals surface area contributed by atoms with Crippen molar-refractivity contribution in [3.05, 3.63) is 63.9 Å². The van der Waals surface area contributed by atoms with Crippen molar-refractivity contribution >= 4 is 27.6 Å². The lowest BCUT2D eigenvalue weighted by Crippen LogP contribution is -2.13. The molecule has 0 bridgehead atoms. The van der Waals surface area contributed by atoms with Crippen LogP contribution in [0.25, 0.3) is 0 Å². The standard InChI is InChI=1S/C16H15BrFNO2/c1-10(12-3-2-4-13(19)8-12)16(20)21-9-11-5-6-15(18)14(17)7-11/h2-8,10H,9,19H2,1H3. The quantitative estimate of drug-likeness (QED) is 0.668. The minimum absolute atomic E-state index is 0.102. The summed E-state index contributed by atoms with van der Waals surface area (Å²) in [5.41, 5.74) is 7.83. The summed E-state index contributed by atoms with van der Waals surface area (Å²) in [6.07, 6.45) is 0. The number of hydrogen-bond donors (Lipinski definition) is 1. The highest BCUT2D eigenvalue weighted by Gasteiger charge is 2.17. The van der Waals surface area contributed by atoms with E-state index in [1.807, 2.05) is 6.07 Å². The van der Waals surface area contributed by atoms with Gasteiger partial charge in [0.2, 0.25) is 0 Å². The molecule has 0 saturated heterocycles. The van der Waals surface area contributed by atoms with Gasteiger partial charge >= 0.3 is 5.97 Å². The van der Waals surface area contributed by atoms with Crippen molar-refractivity contribution in [3.63, 3.8) is 0 Å². The van der Waals surface area contributed by atoms with Crippen molar-refractivity contribution in [2.45, 2.75) is 19.4 Å². The van der Waals surface area contributed by atoms with Crippen LogP contribution in [-0.2, 0) is 16.1 Å². The van der Waals surface area contributed by atoms with Crippen molar-refractivity contribution < 1.29 is 13.9 Å². The van der Waals surface area contributed by atoms with Crippen LogP contribution in [0.3, 0.4) is 0 Å². The van der Waals surface area contributed by atoms with Gasteiger partial charge < -0.3 is 10.5 Å². The maximum Gasteiger partial charge on any atom is 0.313 e. The molecule has 110 valence electrons. The highest BCUT2D eigenvalue weighted by Crippen LogP contribution is 2.21. The van der Waals surface area contributed by atoms with Crippen LogP contribution in [0.1, 0.15) is 24.0 Å². The molecule has 0 heterocycles. The fourth-order valence-corrected chi connectivity index (χ4v) is 2.30. The number of rotatable bonds is 4. The monoisotopic (exact) mass is 351 g/mol. The van der Waals surface area contributed by atoms with Gasteiger partial charge in [-0.25, -0.2) is 4.39 Å². The van der Waals surface area contributed by atoms with Crippen LogP contribution in [0.4, 0.5) is 10.1 Å². The predicted octanol–water partition coefficient (Wildman–Crippen LogP) is 4.02. The van der Waals surface area contributed by atoms with Gasteiger partial charge in [0, 0.05) is 5.69 Å². The Balaban J connectivity index is 1.99. The molecule has 2 rings (SSSR count). The van der Waals surface area contributed by atoms with Gasteiger partial charge in [0.05, 0.1) is 10.4 Å². The average molecular weight is 352 g/mol. The zero-order valence-corrected chi connectivity index (χ0v) is 13.1. The summed E-state index contributed by atoms with van der Waals surface area (Å²) in [4.78, 5) is 12.0. The van der Waals surface area contributed by atoms with Crippen LogP contribution < -0.4 is 5.73 Å². The largest absolute Gasteiger partial charge is 0.460 e.